The van der Waals surface area contributed by atoms with Crippen LogP contribution in [-0.2, 0) is 31.5 Å². The van der Waals surface area contributed by atoms with E-state index in [1.807, 2.05) is 36.4 Å². The van der Waals surface area contributed by atoms with Crippen LogP contribution in [0.4, 0.5) is 0 Å². The van der Waals surface area contributed by atoms with E-state index in [0.717, 1.165) is 0 Å². The molecule has 0 fully saturated rings. The quantitative estimate of drug-likeness (QED) is 0.321. The van der Waals surface area contributed by atoms with E-state index in [1.54, 1.807) is 0 Å². The van der Waals surface area contributed by atoms with Crippen molar-refractivity contribution < 1.29 is 18.2 Å². The molecule has 2 aromatic rings. The van der Waals surface area contributed by atoms with Gasteiger partial charge in [0.05, 0.1) is 0 Å². The zero-order chi connectivity index (χ0) is 13.6. The molecule has 19 heavy (non-hydrogen) atoms. The molecule has 0 unspecified atom stereocenters. The zero-order valence-electron chi connectivity index (χ0n) is 10.3. The van der Waals surface area contributed by atoms with Crippen LogP contribution in [0.2, 0.25) is 0 Å². The van der Waals surface area contributed by atoms with Gasteiger partial charge in [0.2, 0.25) is 0 Å². The van der Waals surface area contributed by atoms with Crippen LogP contribution in [0.3, 0.4) is 0 Å². The molecule has 100 valence electrons. The molecule has 0 bridgehead atoms. The molecule has 0 amide bonds. The van der Waals surface area contributed by atoms with Crippen molar-refractivity contribution in [1.29, 1.82) is 0 Å². The minimum atomic E-state index is -3.02. The molecule has 0 N–H and O–H groups in total. The van der Waals surface area contributed by atoms with Gasteiger partial charge in [-0.25, -0.2) is 0 Å². The van der Waals surface area contributed by atoms with Gasteiger partial charge in [0, 0.05) is 0 Å². The summed E-state index contributed by atoms with van der Waals surface area (Å²) < 4.78 is 12.0. The molecule has 2 aromatic carbocycles. The summed E-state index contributed by atoms with van der Waals surface area (Å²) in [6, 6.07) is 20.5. The molecule has 0 aliphatic heterocycles. The fraction of sp³-hybridized carbons (Fsp3) is 0.143. The molecular weight excluding hydrogens is 632 g/mol. The van der Waals surface area contributed by atoms with Gasteiger partial charge in [0.15, 0.2) is 0 Å². The van der Waals surface area contributed by atoms with Gasteiger partial charge in [0.25, 0.3) is 0 Å². The van der Waals surface area contributed by atoms with Crippen LogP contribution in [0, 0.1) is 0 Å². The van der Waals surface area contributed by atoms with Crippen LogP contribution in [0.5, 0.6) is 0 Å². The van der Waals surface area contributed by atoms with Gasteiger partial charge >= 0.3 is 140 Å². The van der Waals surface area contributed by atoms with Crippen molar-refractivity contribution in [2.24, 2.45) is 0 Å². The average Bonchev–Trinajstić information content (AvgIpc) is 2.46. The van der Waals surface area contributed by atoms with Crippen molar-refractivity contribution in [2.45, 2.75) is 13.2 Å². The SMILES string of the molecule is [I][Hf]([I])([O]Cc1ccccc1)[O]Cc1ccccc1. The fourth-order valence-electron chi connectivity index (χ4n) is 1.52. The van der Waals surface area contributed by atoms with Gasteiger partial charge in [0.1, 0.15) is 0 Å². The topological polar surface area (TPSA) is 18.5 Å². The molecule has 0 saturated heterocycles. The predicted octanol–water partition coefficient (Wildman–Crippen LogP) is 5.10. The summed E-state index contributed by atoms with van der Waals surface area (Å²) in [5, 5.41) is 0. The van der Waals surface area contributed by atoms with Gasteiger partial charge in [-0.05, 0) is 0 Å². The summed E-state index contributed by atoms with van der Waals surface area (Å²) in [5.41, 5.74) is 2.40. The van der Waals surface area contributed by atoms with E-state index in [2.05, 4.69) is 60.5 Å². The normalized spacial score (nSPS) is 11.5. The van der Waals surface area contributed by atoms with E-state index >= 15 is 0 Å². The molecule has 0 aliphatic carbocycles. The maximum absolute atomic E-state index is 6.01. The Morgan fingerprint density at radius 1 is 0.684 bits per heavy atom. The van der Waals surface area contributed by atoms with Crippen molar-refractivity contribution in [3.05, 3.63) is 71.8 Å². The van der Waals surface area contributed by atoms with Crippen LogP contribution >= 0.6 is 36.3 Å². The number of benzene rings is 2. The Hall–Kier alpha value is 0.690. The van der Waals surface area contributed by atoms with Crippen LogP contribution in [0.15, 0.2) is 60.7 Å². The van der Waals surface area contributed by atoms with E-state index in [-0.39, 0.29) is 0 Å². The third kappa shape index (κ3) is 6.33. The standard InChI is InChI=1S/2C7H7O.Hf.2HI/c2*8-6-7-4-2-1-3-5-7;;;/h2*1-5H,6H2;;2*1H/q2*-1;+4;;/p-2. The van der Waals surface area contributed by atoms with Crippen molar-refractivity contribution in [2.75, 3.05) is 0 Å². The second-order valence-corrected chi connectivity index (χ2v) is 49.6. The molecule has 2 nitrogen and oxygen atoms in total. The minimum absolute atomic E-state index is 0.642. The Morgan fingerprint density at radius 2 is 1.05 bits per heavy atom. The second-order valence-electron chi connectivity index (χ2n) is 4.01. The van der Waals surface area contributed by atoms with Crippen molar-refractivity contribution in [1.82, 2.24) is 0 Å². The Kier molecular flexibility index (Phi) is 6.94. The zero-order valence-corrected chi connectivity index (χ0v) is 18.2. The molecule has 0 aromatic heterocycles. The number of rotatable bonds is 6. The van der Waals surface area contributed by atoms with Crippen LogP contribution in [-0.4, -0.2) is 0 Å². The van der Waals surface area contributed by atoms with Crippen LogP contribution in [0.25, 0.3) is 0 Å². The fourth-order valence-corrected chi connectivity index (χ4v) is 9.33. The monoisotopic (exact) mass is 648 g/mol. The van der Waals surface area contributed by atoms with Crippen LogP contribution < -0.4 is 0 Å². The van der Waals surface area contributed by atoms with Crippen LogP contribution in [0.1, 0.15) is 11.1 Å². The first-order chi connectivity index (χ1) is 9.16. The summed E-state index contributed by atoms with van der Waals surface area (Å²) in [6.07, 6.45) is 0. The van der Waals surface area contributed by atoms with Gasteiger partial charge in [-0.3, -0.25) is 0 Å². The summed E-state index contributed by atoms with van der Waals surface area (Å²) in [7, 11) is 0. The molecule has 0 radical (unpaired) electrons. The molecule has 0 spiro atoms. The van der Waals surface area contributed by atoms with Gasteiger partial charge < -0.3 is 0 Å². The van der Waals surface area contributed by atoms with Crippen molar-refractivity contribution >= 4 is 36.3 Å². The molecule has 0 saturated carbocycles. The first-order valence-corrected chi connectivity index (χ1v) is 29.2. The maximum atomic E-state index is 6.01. The first-order valence-electron chi connectivity index (χ1n) is 5.89. The Balaban J connectivity index is 1.82. The Labute approximate surface area is 138 Å². The van der Waals surface area contributed by atoms with Crippen molar-refractivity contribution in [3.8, 4) is 0 Å². The average molecular weight is 647 g/mol. The summed E-state index contributed by atoms with van der Waals surface area (Å²) in [4.78, 5) is 0. The number of halogens is 2. The predicted molar refractivity (Wildman–Crippen MR) is 90.5 cm³/mol. The first kappa shape index (κ1) is 16.1. The molecule has 0 atom stereocenters. The summed E-state index contributed by atoms with van der Waals surface area (Å²) in [6.45, 7) is 1.28. The van der Waals surface area contributed by atoms with E-state index in [1.165, 1.54) is 11.1 Å². The summed E-state index contributed by atoms with van der Waals surface area (Å²) in [5.74, 6) is 0. The van der Waals surface area contributed by atoms with Crippen molar-refractivity contribution in [3.63, 3.8) is 0 Å². The van der Waals surface area contributed by atoms with E-state index in [4.69, 9.17) is 5.71 Å². The number of hydrogen-bond acceptors (Lipinski definition) is 2. The molecule has 5 heteroatoms. The van der Waals surface area contributed by atoms with Gasteiger partial charge in [-0.1, -0.05) is 0 Å². The van der Waals surface area contributed by atoms with Gasteiger partial charge in [-0.15, -0.1) is 0 Å². The van der Waals surface area contributed by atoms with E-state index in [0.29, 0.717) is 13.2 Å². The third-order valence-corrected chi connectivity index (χ3v) is 16.1. The van der Waals surface area contributed by atoms with E-state index in [9.17, 15) is 0 Å². The molecule has 2 rings (SSSR count). The Bertz CT molecular complexity index is 446. The third-order valence-electron chi connectivity index (χ3n) is 2.50. The molecule has 0 aliphatic rings. The Morgan fingerprint density at radius 3 is 1.42 bits per heavy atom. The number of hydrogen-bond donors (Lipinski definition) is 0. The summed E-state index contributed by atoms with van der Waals surface area (Å²) >= 11 is 1.77. The van der Waals surface area contributed by atoms with Gasteiger partial charge in [-0.2, -0.15) is 0 Å². The second kappa shape index (κ2) is 8.21. The molecular formula is C14H14HfI2O2. The van der Waals surface area contributed by atoms with E-state index < -0.39 is 12.5 Å². The molecule has 0 heterocycles.